The predicted molar refractivity (Wildman–Crippen MR) is 70.5 cm³/mol. The van der Waals surface area contributed by atoms with Crippen molar-refractivity contribution in [3.8, 4) is 16.9 Å². The molecule has 1 aliphatic rings. The van der Waals surface area contributed by atoms with Crippen LogP contribution < -0.4 is 4.74 Å². The minimum Gasteiger partial charge on any atom is -0.482 e. The van der Waals surface area contributed by atoms with E-state index in [-0.39, 0.29) is 5.60 Å². The van der Waals surface area contributed by atoms with E-state index in [1.54, 1.807) is 0 Å². The van der Waals surface area contributed by atoms with Gasteiger partial charge in [-0.25, -0.2) is 0 Å². The van der Waals surface area contributed by atoms with Gasteiger partial charge in [-0.2, -0.15) is 0 Å². The van der Waals surface area contributed by atoms with E-state index in [9.17, 15) is 0 Å². The first-order valence-electron chi connectivity index (χ1n) is 5.67. The Kier molecular flexibility index (Phi) is 2.20. The molecule has 1 heterocycles. The molecule has 17 heavy (non-hydrogen) atoms. The number of rotatable bonds is 0. The lowest BCUT2D eigenvalue weighted by Gasteiger charge is -2.35. The van der Waals surface area contributed by atoms with Crippen LogP contribution in [0.25, 0.3) is 11.1 Å². The Hall–Kier alpha value is -1.47. The highest BCUT2D eigenvalue weighted by Gasteiger charge is 2.33. The van der Waals surface area contributed by atoms with Crippen LogP contribution in [0.4, 0.5) is 0 Å². The van der Waals surface area contributed by atoms with Crippen LogP contribution in [0.5, 0.6) is 5.75 Å². The summed E-state index contributed by atoms with van der Waals surface area (Å²) in [7, 11) is 0. The molecule has 3 rings (SSSR count). The molecule has 0 saturated carbocycles. The number of hydrogen-bond donors (Lipinski definition) is 0. The second kappa shape index (κ2) is 3.51. The fourth-order valence-electron chi connectivity index (χ4n) is 2.46. The summed E-state index contributed by atoms with van der Waals surface area (Å²) in [6.45, 7) is 4.10. The van der Waals surface area contributed by atoms with Crippen molar-refractivity contribution in [1.82, 2.24) is 0 Å². The Bertz CT molecular complexity index is 587. The van der Waals surface area contributed by atoms with E-state index in [4.69, 9.17) is 16.3 Å². The molecule has 2 aromatic carbocycles. The molecule has 86 valence electrons. The van der Waals surface area contributed by atoms with Gasteiger partial charge in [-0.05, 0) is 31.5 Å². The third-order valence-electron chi connectivity index (χ3n) is 3.16. The first-order chi connectivity index (χ1) is 8.09. The molecule has 2 heteroatoms. The molecule has 0 radical (unpaired) electrons. The molecule has 0 aliphatic carbocycles. The van der Waals surface area contributed by atoms with E-state index in [1.807, 2.05) is 44.2 Å². The van der Waals surface area contributed by atoms with Crippen molar-refractivity contribution < 1.29 is 4.74 Å². The molecule has 0 unspecified atom stereocenters. The quantitative estimate of drug-likeness (QED) is 0.656. The highest BCUT2D eigenvalue weighted by Crippen LogP contribution is 2.47. The van der Waals surface area contributed by atoms with E-state index < -0.39 is 0 Å². The lowest BCUT2D eigenvalue weighted by atomic mass is 9.86. The third-order valence-corrected chi connectivity index (χ3v) is 3.47. The molecule has 0 bridgehead atoms. The highest BCUT2D eigenvalue weighted by atomic mass is 35.5. The van der Waals surface area contributed by atoms with Gasteiger partial charge in [-0.1, -0.05) is 41.9 Å². The largest absolute Gasteiger partial charge is 0.482 e. The van der Waals surface area contributed by atoms with Crippen molar-refractivity contribution in [1.29, 1.82) is 0 Å². The van der Waals surface area contributed by atoms with Gasteiger partial charge in [0.15, 0.2) is 0 Å². The summed E-state index contributed by atoms with van der Waals surface area (Å²) < 4.78 is 6.04. The summed E-state index contributed by atoms with van der Waals surface area (Å²) in [5.41, 5.74) is 2.97. The van der Waals surface area contributed by atoms with Gasteiger partial charge in [0.1, 0.15) is 11.4 Å². The van der Waals surface area contributed by atoms with Crippen molar-refractivity contribution in [2.75, 3.05) is 0 Å². The van der Waals surface area contributed by atoms with Gasteiger partial charge < -0.3 is 4.74 Å². The molecule has 0 amide bonds. The maximum Gasteiger partial charge on any atom is 0.130 e. The van der Waals surface area contributed by atoms with Crippen LogP contribution in [-0.2, 0) is 5.60 Å². The molecule has 0 N–H and O–H groups in total. The molecule has 1 aliphatic heterocycles. The maximum atomic E-state index is 6.31. The van der Waals surface area contributed by atoms with Crippen LogP contribution in [0.1, 0.15) is 19.4 Å². The SMILES string of the molecule is CC1(C)Oc2ccccc2-c2cccc(Cl)c21. The van der Waals surface area contributed by atoms with E-state index >= 15 is 0 Å². The Morgan fingerprint density at radius 2 is 1.65 bits per heavy atom. The summed E-state index contributed by atoms with van der Waals surface area (Å²) in [4.78, 5) is 0. The van der Waals surface area contributed by atoms with Gasteiger partial charge in [0.25, 0.3) is 0 Å². The molecular formula is C15H13ClO. The van der Waals surface area contributed by atoms with Gasteiger partial charge in [0.05, 0.1) is 0 Å². The fourth-order valence-corrected chi connectivity index (χ4v) is 2.87. The van der Waals surface area contributed by atoms with E-state index in [0.717, 1.165) is 21.9 Å². The molecule has 2 aromatic rings. The number of benzene rings is 2. The molecular weight excluding hydrogens is 232 g/mol. The predicted octanol–water partition coefficient (Wildman–Crippen LogP) is 4.63. The van der Waals surface area contributed by atoms with Crippen molar-refractivity contribution in [2.24, 2.45) is 0 Å². The lowest BCUT2D eigenvalue weighted by molar-refractivity contribution is 0.106. The molecule has 0 aromatic heterocycles. The average Bonchev–Trinajstić information content (AvgIpc) is 2.28. The smallest absolute Gasteiger partial charge is 0.130 e. The Labute approximate surface area is 106 Å². The van der Waals surface area contributed by atoms with E-state index in [2.05, 4.69) is 12.1 Å². The van der Waals surface area contributed by atoms with Crippen LogP contribution in [0.15, 0.2) is 42.5 Å². The Morgan fingerprint density at radius 3 is 2.47 bits per heavy atom. The topological polar surface area (TPSA) is 9.23 Å². The molecule has 1 nitrogen and oxygen atoms in total. The summed E-state index contributed by atoms with van der Waals surface area (Å²) >= 11 is 6.31. The number of halogens is 1. The number of ether oxygens (including phenoxy) is 1. The third kappa shape index (κ3) is 1.54. The highest BCUT2D eigenvalue weighted by molar-refractivity contribution is 6.32. The Morgan fingerprint density at radius 1 is 0.941 bits per heavy atom. The summed E-state index contributed by atoms with van der Waals surface area (Å²) in [5, 5.41) is 0.766. The number of hydrogen-bond acceptors (Lipinski definition) is 1. The van der Waals surface area contributed by atoms with Crippen molar-refractivity contribution >= 4 is 11.6 Å². The first-order valence-corrected chi connectivity index (χ1v) is 6.05. The minimum absolute atomic E-state index is 0.387. The van der Waals surface area contributed by atoms with Crippen LogP contribution in [0.3, 0.4) is 0 Å². The van der Waals surface area contributed by atoms with Crippen LogP contribution in [-0.4, -0.2) is 0 Å². The van der Waals surface area contributed by atoms with E-state index in [0.29, 0.717) is 0 Å². The lowest BCUT2D eigenvalue weighted by Crippen LogP contribution is -2.29. The summed E-state index contributed by atoms with van der Waals surface area (Å²) in [6.07, 6.45) is 0. The maximum absolute atomic E-state index is 6.31. The minimum atomic E-state index is -0.387. The van der Waals surface area contributed by atoms with Crippen LogP contribution >= 0.6 is 11.6 Å². The van der Waals surface area contributed by atoms with Gasteiger partial charge >= 0.3 is 0 Å². The molecule has 0 saturated heterocycles. The van der Waals surface area contributed by atoms with Gasteiger partial charge in [-0.15, -0.1) is 0 Å². The second-order valence-electron chi connectivity index (χ2n) is 4.77. The number of fused-ring (bicyclic) bond motifs is 3. The summed E-state index contributed by atoms with van der Waals surface area (Å²) in [6, 6.07) is 14.1. The normalized spacial score (nSPS) is 15.7. The van der Waals surface area contributed by atoms with Crippen molar-refractivity contribution in [2.45, 2.75) is 19.4 Å². The first kappa shape index (κ1) is 10.7. The zero-order valence-electron chi connectivity index (χ0n) is 9.83. The standard InChI is InChI=1S/C15H13ClO/c1-15(2)14-11(7-5-8-12(14)16)10-6-3-4-9-13(10)17-15/h3-9H,1-2H3. The monoisotopic (exact) mass is 244 g/mol. The number of para-hydroxylation sites is 1. The fraction of sp³-hybridized carbons (Fsp3) is 0.200. The molecule has 0 spiro atoms. The van der Waals surface area contributed by atoms with E-state index in [1.165, 1.54) is 5.56 Å². The van der Waals surface area contributed by atoms with Crippen molar-refractivity contribution in [3.05, 3.63) is 53.1 Å². The van der Waals surface area contributed by atoms with Gasteiger partial charge in [0.2, 0.25) is 0 Å². The zero-order valence-corrected chi connectivity index (χ0v) is 10.6. The van der Waals surface area contributed by atoms with Crippen LogP contribution in [0.2, 0.25) is 5.02 Å². The molecule has 0 fully saturated rings. The summed E-state index contributed by atoms with van der Waals surface area (Å²) in [5.74, 6) is 0.923. The average molecular weight is 245 g/mol. The Balaban J connectivity index is 2.37. The van der Waals surface area contributed by atoms with Gasteiger partial charge in [-0.3, -0.25) is 0 Å². The molecule has 0 atom stereocenters. The van der Waals surface area contributed by atoms with Gasteiger partial charge in [0, 0.05) is 16.1 Å². The second-order valence-corrected chi connectivity index (χ2v) is 5.18. The zero-order chi connectivity index (χ0) is 12.0. The van der Waals surface area contributed by atoms with Crippen LogP contribution in [0, 0.1) is 0 Å². The van der Waals surface area contributed by atoms with Crippen molar-refractivity contribution in [3.63, 3.8) is 0 Å².